The molecule has 9 nitrogen and oxygen atoms in total. The topological polar surface area (TPSA) is 104 Å². The number of piperazine rings is 1. The van der Waals surface area contributed by atoms with Crippen molar-refractivity contribution in [2.75, 3.05) is 51.3 Å². The second kappa shape index (κ2) is 11.3. The molecule has 10 heteroatoms. The number of anilines is 1. The van der Waals surface area contributed by atoms with E-state index in [9.17, 15) is 13.2 Å². The zero-order valence-electron chi connectivity index (χ0n) is 18.6. The minimum atomic E-state index is -3.69. The normalized spacial score (nSPS) is 14.9. The number of nitrogens with one attached hydrogen (secondary N) is 2. The van der Waals surface area contributed by atoms with Gasteiger partial charge >= 0.3 is 0 Å². The number of rotatable bonds is 10. The van der Waals surface area contributed by atoms with E-state index >= 15 is 0 Å². The molecule has 1 fully saturated rings. The van der Waals surface area contributed by atoms with Crippen molar-refractivity contribution in [3.05, 3.63) is 48.2 Å². The molecule has 1 aliphatic heterocycles. The number of pyridine rings is 1. The summed E-state index contributed by atoms with van der Waals surface area (Å²) in [5.74, 6) is 1.27. The molecular formula is C22H31N5O4S. The summed E-state index contributed by atoms with van der Waals surface area (Å²) in [6.07, 6.45) is 1.80. The molecule has 0 unspecified atom stereocenters. The maximum Gasteiger partial charge on any atom is 0.240 e. The molecule has 1 aliphatic rings. The molecule has 0 radical (unpaired) electrons. The van der Waals surface area contributed by atoms with Crippen molar-refractivity contribution < 1.29 is 17.9 Å². The van der Waals surface area contributed by atoms with Gasteiger partial charge in [-0.25, -0.2) is 18.1 Å². The Labute approximate surface area is 189 Å². The lowest BCUT2D eigenvalue weighted by Crippen LogP contribution is -2.45. The van der Waals surface area contributed by atoms with Gasteiger partial charge < -0.3 is 19.9 Å². The summed E-state index contributed by atoms with van der Waals surface area (Å²) in [7, 11) is -1.59. The molecule has 3 rings (SSSR count). The SMILES string of the molecule is CCOc1ccc(S(=O)(=O)NCCC(=O)NCc2cccnc2N2CCN(C)CC2)cc1. The highest BCUT2D eigenvalue weighted by molar-refractivity contribution is 7.89. The molecule has 0 atom stereocenters. The zero-order chi connectivity index (χ0) is 23.0. The van der Waals surface area contributed by atoms with Gasteiger partial charge in [0.05, 0.1) is 11.5 Å². The van der Waals surface area contributed by atoms with Crippen LogP contribution in [-0.2, 0) is 21.4 Å². The van der Waals surface area contributed by atoms with E-state index in [0.29, 0.717) is 18.9 Å². The van der Waals surface area contributed by atoms with Crippen LogP contribution in [-0.4, -0.2) is 70.6 Å². The molecule has 1 aromatic heterocycles. The number of likely N-dealkylation sites (N-methyl/N-ethyl adjacent to an activating group) is 1. The van der Waals surface area contributed by atoms with Crippen LogP contribution in [0.5, 0.6) is 5.75 Å². The molecule has 0 saturated carbocycles. The van der Waals surface area contributed by atoms with Crippen LogP contribution in [0.15, 0.2) is 47.5 Å². The highest BCUT2D eigenvalue weighted by Gasteiger charge is 2.18. The van der Waals surface area contributed by atoms with Crippen LogP contribution < -0.4 is 19.7 Å². The lowest BCUT2D eigenvalue weighted by Gasteiger charge is -2.34. The fourth-order valence-electron chi connectivity index (χ4n) is 3.42. The largest absolute Gasteiger partial charge is 0.494 e. The molecule has 2 aromatic rings. The number of hydrogen-bond acceptors (Lipinski definition) is 7. The maximum atomic E-state index is 12.4. The molecule has 2 N–H and O–H groups in total. The van der Waals surface area contributed by atoms with Crippen LogP contribution in [0.4, 0.5) is 5.82 Å². The smallest absolute Gasteiger partial charge is 0.240 e. The van der Waals surface area contributed by atoms with E-state index < -0.39 is 10.0 Å². The monoisotopic (exact) mass is 461 g/mol. The average Bonchev–Trinajstić information content (AvgIpc) is 2.79. The summed E-state index contributed by atoms with van der Waals surface area (Å²) in [4.78, 5) is 21.4. The predicted octanol–water partition coefficient (Wildman–Crippen LogP) is 1.22. The minimum absolute atomic E-state index is 0.0136. The van der Waals surface area contributed by atoms with Crippen LogP contribution in [0.25, 0.3) is 0 Å². The number of aromatic nitrogens is 1. The fraction of sp³-hybridized carbons (Fsp3) is 0.455. The van der Waals surface area contributed by atoms with Gasteiger partial charge in [-0.3, -0.25) is 4.79 Å². The Kier molecular flexibility index (Phi) is 8.43. The first-order valence-electron chi connectivity index (χ1n) is 10.8. The van der Waals surface area contributed by atoms with E-state index in [2.05, 4.69) is 31.9 Å². The van der Waals surface area contributed by atoms with Crippen molar-refractivity contribution in [2.24, 2.45) is 0 Å². The molecule has 1 aromatic carbocycles. The van der Waals surface area contributed by atoms with Crippen molar-refractivity contribution >= 4 is 21.7 Å². The van der Waals surface area contributed by atoms with Crippen LogP contribution in [0.3, 0.4) is 0 Å². The Morgan fingerprint density at radius 1 is 1.12 bits per heavy atom. The number of amides is 1. The van der Waals surface area contributed by atoms with Gasteiger partial charge in [0.15, 0.2) is 0 Å². The van der Waals surface area contributed by atoms with Gasteiger partial charge in [-0.15, -0.1) is 0 Å². The molecule has 1 amide bonds. The highest BCUT2D eigenvalue weighted by atomic mass is 32.2. The number of carbonyl (C=O) groups excluding carboxylic acids is 1. The summed E-state index contributed by atoms with van der Waals surface area (Å²) in [5.41, 5.74) is 0.945. The number of ether oxygens (including phenoxy) is 1. The van der Waals surface area contributed by atoms with E-state index in [-0.39, 0.29) is 23.8 Å². The molecular weight excluding hydrogens is 430 g/mol. The van der Waals surface area contributed by atoms with E-state index in [1.54, 1.807) is 18.3 Å². The molecule has 2 heterocycles. The molecule has 0 spiro atoms. The van der Waals surface area contributed by atoms with E-state index in [4.69, 9.17) is 4.74 Å². The van der Waals surface area contributed by atoms with Crippen molar-refractivity contribution in [2.45, 2.75) is 24.8 Å². The minimum Gasteiger partial charge on any atom is -0.494 e. The Hall–Kier alpha value is -2.69. The van der Waals surface area contributed by atoms with Crippen molar-refractivity contribution in [3.8, 4) is 5.75 Å². The average molecular weight is 462 g/mol. The van der Waals surface area contributed by atoms with E-state index in [0.717, 1.165) is 37.6 Å². The van der Waals surface area contributed by atoms with Crippen LogP contribution in [0, 0.1) is 0 Å². The molecule has 174 valence electrons. The van der Waals surface area contributed by atoms with Gasteiger partial charge in [0.2, 0.25) is 15.9 Å². The fourth-order valence-corrected chi connectivity index (χ4v) is 4.45. The lowest BCUT2D eigenvalue weighted by molar-refractivity contribution is -0.121. The predicted molar refractivity (Wildman–Crippen MR) is 123 cm³/mol. The number of hydrogen-bond donors (Lipinski definition) is 2. The quantitative estimate of drug-likeness (QED) is 0.548. The van der Waals surface area contributed by atoms with E-state index in [1.807, 2.05) is 19.1 Å². The Balaban J connectivity index is 1.47. The Bertz CT molecular complexity index is 990. The van der Waals surface area contributed by atoms with Gasteiger partial charge in [-0.05, 0) is 44.3 Å². The van der Waals surface area contributed by atoms with Gasteiger partial charge in [0.1, 0.15) is 11.6 Å². The first kappa shape index (κ1) is 24.0. The molecule has 1 saturated heterocycles. The molecule has 32 heavy (non-hydrogen) atoms. The van der Waals surface area contributed by atoms with Crippen LogP contribution >= 0.6 is 0 Å². The first-order chi connectivity index (χ1) is 15.4. The standard InChI is InChI=1S/C22H31N5O4S/c1-3-31-19-6-8-20(9-7-19)32(29,30)25-12-10-21(28)24-17-18-5-4-11-23-22(18)27-15-13-26(2)14-16-27/h4-9,11,25H,3,10,12-17H2,1-2H3,(H,24,28). The Morgan fingerprint density at radius 2 is 1.84 bits per heavy atom. The second-order valence-electron chi connectivity index (χ2n) is 7.61. The summed E-state index contributed by atoms with van der Waals surface area (Å²) >= 11 is 0. The van der Waals surface area contributed by atoms with Gasteiger partial charge in [-0.2, -0.15) is 0 Å². The van der Waals surface area contributed by atoms with Crippen LogP contribution in [0.1, 0.15) is 18.9 Å². The summed E-state index contributed by atoms with van der Waals surface area (Å²) < 4.78 is 32.6. The van der Waals surface area contributed by atoms with Gasteiger partial charge in [-0.1, -0.05) is 6.07 Å². The summed E-state index contributed by atoms with van der Waals surface area (Å²) in [6, 6.07) is 9.99. The van der Waals surface area contributed by atoms with Gasteiger partial charge in [0.25, 0.3) is 0 Å². The zero-order valence-corrected chi connectivity index (χ0v) is 19.4. The second-order valence-corrected chi connectivity index (χ2v) is 9.37. The van der Waals surface area contributed by atoms with Crippen molar-refractivity contribution in [1.82, 2.24) is 19.9 Å². The number of sulfonamides is 1. The summed E-state index contributed by atoms with van der Waals surface area (Å²) in [6.45, 7) is 6.45. The van der Waals surface area contributed by atoms with E-state index in [1.165, 1.54) is 12.1 Å². The van der Waals surface area contributed by atoms with Crippen LogP contribution in [0.2, 0.25) is 0 Å². The highest BCUT2D eigenvalue weighted by Crippen LogP contribution is 2.19. The third-order valence-corrected chi connectivity index (χ3v) is 6.71. The number of benzene rings is 1. The summed E-state index contributed by atoms with van der Waals surface area (Å²) in [5, 5.41) is 2.87. The Morgan fingerprint density at radius 3 is 2.53 bits per heavy atom. The first-order valence-corrected chi connectivity index (χ1v) is 12.2. The van der Waals surface area contributed by atoms with Crippen molar-refractivity contribution in [1.29, 1.82) is 0 Å². The third kappa shape index (κ3) is 6.65. The van der Waals surface area contributed by atoms with Crippen molar-refractivity contribution in [3.63, 3.8) is 0 Å². The molecule has 0 bridgehead atoms. The number of carbonyl (C=O) groups is 1. The molecule has 0 aliphatic carbocycles. The third-order valence-electron chi connectivity index (χ3n) is 5.24. The van der Waals surface area contributed by atoms with Gasteiger partial charge in [0, 0.05) is 57.4 Å². The number of nitrogens with zero attached hydrogens (tertiary/aromatic N) is 3. The maximum absolute atomic E-state index is 12.4. The lowest BCUT2D eigenvalue weighted by atomic mass is 10.2.